The number of carbonyl (C=O) groups excluding carboxylic acids is 1. The fourth-order valence-electron chi connectivity index (χ4n) is 2.77. The molecule has 5 heteroatoms. The first-order chi connectivity index (χ1) is 8.18. The summed E-state index contributed by atoms with van der Waals surface area (Å²) in [6.45, 7) is 1.60. The average Bonchev–Trinajstić information content (AvgIpc) is 2.83. The molecule has 1 aliphatic heterocycles. The third-order valence-corrected chi connectivity index (χ3v) is 3.79. The molecule has 2 atom stereocenters. The Morgan fingerprint density at radius 1 is 1.06 bits per heavy atom. The molecule has 96 valence electrons. The highest BCUT2D eigenvalue weighted by atomic mass is 16.4. The van der Waals surface area contributed by atoms with Crippen LogP contribution in [0, 0.1) is 5.92 Å². The van der Waals surface area contributed by atoms with Gasteiger partial charge < -0.3 is 15.3 Å². The number of aliphatic carboxylic acids is 1. The maximum Gasteiger partial charge on any atom is 0.317 e. The molecule has 0 bridgehead atoms. The van der Waals surface area contributed by atoms with E-state index >= 15 is 0 Å². The Morgan fingerprint density at radius 3 is 2.35 bits per heavy atom. The summed E-state index contributed by atoms with van der Waals surface area (Å²) in [5.74, 6) is -1.19. The number of hydrogen-bond acceptors (Lipinski definition) is 2. The van der Waals surface area contributed by atoms with E-state index in [0.29, 0.717) is 6.42 Å². The van der Waals surface area contributed by atoms with Gasteiger partial charge in [0, 0.05) is 19.1 Å². The van der Waals surface area contributed by atoms with Gasteiger partial charge in [0.05, 0.1) is 5.92 Å². The Morgan fingerprint density at radius 2 is 1.71 bits per heavy atom. The maximum absolute atomic E-state index is 11.9. The van der Waals surface area contributed by atoms with Crippen LogP contribution < -0.4 is 5.32 Å². The largest absolute Gasteiger partial charge is 0.481 e. The molecule has 2 fully saturated rings. The minimum absolute atomic E-state index is 0.0827. The molecule has 1 saturated carbocycles. The molecule has 1 aliphatic carbocycles. The number of likely N-dealkylation sites (tertiary alicyclic amines) is 1. The lowest BCUT2D eigenvalue weighted by atomic mass is 9.84. The second-order valence-electron chi connectivity index (χ2n) is 4.98. The summed E-state index contributed by atoms with van der Waals surface area (Å²) >= 11 is 0. The first kappa shape index (κ1) is 12.2. The van der Waals surface area contributed by atoms with Gasteiger partial charge in [-0.2, -0.15) is 0 Å². The Hall–Kier alpha value is -1.26. The van der Waals surface area contributed by atoms with Crippen LogP contribution in [0.5, 0.6) is 0 Å². The van der Waals surface area contributed by atoms with Gasteiger partial charge in [0.15, 0.2) is 0 Å². The molecule has 2 N–H and O–H groups in total. The van der Waals surface area contributed by atoms with Crippen molar-refractivity contribution in [3.63, 3.8) is 0 Å². The van der Waals surface area contributed by atoms with Gasteiger partial charge in [0.25, 0.3) is 0 Å². The van der Waals surface area contributed by atoms with E-state index in [1.807, 2.05) is 0 Å². The Kier molecular flexibility index (Phi) is 3.86. The number of nitrogens with one attached hydrogen (secondary N) is 1. The predicted octanol–water partition coefficient (Wildman–Crippen LogP) is 1.44. The van der Waals surface area contributed by atoms with E-state index in [4.69, 9.17) is 5.11 Å². The monoisotopic (exact) mass is 240 g/mol. The Bertz CT molecular complexity index is 300. The molecule has 0 spiro atoms. The van der Waals surface area contributed by atoms with Crippen LogP contribution in [0.4, 0.5) is 4.79 Å². The lowest BCUT2D eigenvalue weighted by Crippen LogP contribution is -2.49. The van der Waals surface area contributed by atoms with E-state index in [-0.39, 0.29) is 12.1 Å². The molecular weight excluding hydrogens is 220 g/mol. The number of nitrogens with zero attached hydrogens (tertiary/aromatic N) is 1. The maximum atomic E-state index is 11.9. The van der Waals surface area contributed by atoms with E-state index in [2.05, 4.69) is 5.32 Å². The highest BCUT2D eigenvalue weighted by Gasteiger charge is 2.33. The van der Waals surface area contributed by atoms with Crippen LogP contribution in [-0.2, 0) is 4.79 Å². The van der Waals surface area contributed by atoms with Gasteiger partial charge in [0.1, 0.15) is 0 Å². The molecule has 0 aromatic rings. The summed E-state index contributed by atoms with van der Waals surface area (Å²) in [6, 6.07) is -0.269. The number of rotatable bonds is 2. The van der Waals surface area contributed by atoms with E-state index in [9.17, 15) is 9.59 Å². The molecule has 2 aliphatic rings. The molecule has 2 rings (SSSR count). The molecule has 2 amide bonds. The third kappa shape index (κ3) is 2.90. The highest BCUT2D eigenvalue weighted by Crippen LogP contribution is 2.25. The quantitative estimate of drug-likeness (QED) is 0.767. The number of hydrogen-bond donors (Lipinski definition) is 2. The topological polar surface area (TPSA) is 69.6 Å². The van der Waals surface area contributed by atoms with Crippen molar-refractivity contribution in [3.8, 4) is 0 Å². The van der Waals surface area contributed by atoms with Gasteiger partial charge in [0.2, 0.25) is 0 Å². The first-order valence-corrected chi connectivity index (χ1v) is 6.47. The Balaban J connectivity index is 1.90. The lowest BCUT2D eigenvalue weighted by Gasteiger charge is -2.30. The summed E-state index contributed by atoms with van der Waals surface area (Å²) in [5.41, 5.74) is 0. The van der Waals surface area contributed by atoms with Crippen LogP contribution >= 0.6 is 0 Å². The van der Waals surface area contributed by atoms with Crippen LogP contribution in [0.15, 0.2) is 0 Å². The smallest absolute Gasteiger partial charge is 0.317 e. The van der Waals surface area contributed by atoms with Crippen molar-refractivity contribution in [2.45, 2.75) is 44.6 Å². The second kappa shape index (κ2) is 5.38. The van der Waals surface area contributed by atoms with Crippen LogP contribution in [0.25, 0.3) is 0 Å². The fraction of sp³-hybridized carbons (Fsp3) is 0.833. The summed E-state index contributed by atoms with van der Waals surface area (Å²) in [6.07, 6.45) is 5.54. The van der Waals surface area contributed by atoms with Crippen molar-refractivity contribution in [1.82, 2.24) is 10.2 Å². The average molecular weight is 240 g/mol. The minimum Gasteiger partial charge on any atom is -0.481 e. The Labute approximate surface area is 101 Å². The zero-order valence-corrected chi connectivity index (χ0v) is 10.0. The third-order valence-electron chi connectivity index (χ3n) is 3.79. The summed E-state index contributed by atoms with van der Waals surface area (Å²) in [7, 11) is 0. The van der Waals surface area contributed by atoms with Crippen molar-refractivity contribution >= 4 is 12.0 Å². The summed E-state index contributed by atoms with van der Waals surface area (Å²) in [4.78, 5) is 24.8. The zero-order valence-electron chi connectivity index (χ0n) is 10.0. The van der Waals surface area contributed by atoms with E-state index < -0.39 is 11.9 Å². The van der Waals surface area contributed by atoms with Gasteiger partial charge in [-0.15, -0.1) is 0 Å². The van der Waals surface area contributed by atoms with Crippen LogP contribution in [0.3, 0.4) is 0 Å². The molecule has 0 aromatic carbocycles. The van der Waals surface area contributed by atoms with E-state index in [1.165, 1.54) is 0 Å². The molecule has 2 unspecified atom stereocenters. The van der Waals surface area contributed by atoms with Crippen molar-refractivity contribution in [1.29, 1.82) is 0 Å². The predicted molar refractivity (Wildman–Crippen MR) is 62.7 cm³/mol. The van der Waals surface area contributed by atoms with Gasteiger partial charge in [-0.1, -0.05) is 12.8 Å². The molecule has 5 nitrogen and oxygen atoms in total. The second-order valence-corrected chi connectivity index (χ2v) is 4.98. The standard InChI is InChI=1S/C12H20N2O3/c15-11(16)9-5-1-2-6-10(9)13-12(17)14-7-3-4-8-14/h9-10H,1-8H2,(H,13,17)(H,15,16). The molecule has 17 heavy (non-hydrogen) atoms. The van der Waals surface area contributed by atoms with Gasteiger partial charge in [-0.3, -0.25) is 4.79 Å². The van der Waals surface area contributed by atoms with Crippen molar-refractivity contribution in [3.05, 3.63) is 0 Å². The molecule has 1 saturated heterocycles. The van der Waals surface area contributed by atoms with Gasteiger partial charge in [-0.05, 0) is 25.7 Å². The number of carbonyl (C=O) groups is 2. The summed E-state index contributed by atoms with van der Waals surface area (Å²) in [5, 5.41) is 12.0. The van der Waals surface area contributed by atoms with Crippen molar-refractivity contribution < 1.29 is 14.7 Å². The number of urea groups is 1. The zero-order chi connectivity index (χ0) is 12.3. The normalized spacial score (nSPS) is 29.1. The molecule has 0 aromatic heterocycles. The summed E-state index contributed by atoms with van der Waals surface area (Å²) < 4.78 is 0. The molecule has 1 heterocycles. The lowest BCUT2D eigenvalue weighted by molar-refractivity contribution is -0.143. The molecular formula is C12H20N2O3. The van der Waals surface area contributed by atoms with Crippen LogP contribution in [0.1, 0.15) is 38.5 Å². The minimum atomic E-state index is -0.781. The highest BCUT2D eigenvalue weighted by molar-refractivity contribution is 5.77. The van der Waals surface area contributed by atoms with Crippen molar-refractivity contribution in [2.24, 2.45) is 5.92 Å². The van der Waals surface area contributed by atoms with Gasteiger partial charge in [-0.25, -0.2) is 4.79 Å². The molecule has 0 radical (unpaired) electrons. The number of carboxylic acids is 1. The van der Waals surface area contributed by atoms with E-state index in [0.717, 1.165) is 45.2 Å². The van der Waals surface area contributed by atoms with Crippen LogP contribution in [0.2, 0.25) is 0 Å². The van der Waals surface area contributed by atoms with Gasteiger partial charge >= 0.3 is 12.0 Å². The first-order valence-electron chi connectivity index (χ1n) is 6.47. The number of amides is 2. The van der Waals surface area contributed by atoms with Crippen LogP contribution in [-0.4, -0.2) is 41.1 Å². The SMILES string of the molecule is O=C(O)C1CCCCC1NC(=O)N1CCCC1. The van der Waals surface area contributed by atoms with Crippen molar-refractivity contribution in [2.75, 3.05) is 13.1 Å². The number of carboxylic acid groups (broad SMARTS) is 1. The van der Waals surface area contributed by atoms with E-state index in [1.54, 1.807) is 4.90 Å². The fourth-order valence-corrected chi connectivity index (χ4v) is 2.77.